The first-order valence-corrected chi connectivity index (χ1v) is 8.47. The molecule has 112 valence electrons. The van der Waals surface area contributed by atoms with E-state index in [9.17, 15) is 8.42 Å². The molecule has 0 radical (unpaired) electrons. The topological polar surface area (TPSA) is 82.0 Å². The number of hydrogen-bond donors (Lipinski definition) is 2. The normalized spacial score (nSPS) is 15.3. The van der Waals surface area contributed by atoms with Crippen molar-refractivity contribution in [3.8, 4) is 6.07 Å². The largest absolute Gasteiger partial charge is 0.313 e. The maximum atomic E-state index is 12.2. The van der Waals surface area contributed by atoms with E-state index < -0.39 is 10.0 Å². The van der Waals surface area contributed by atoms with Gasteiger partial charge in [-0.1, -0.05) is 23.3 Å². The first-order valence-electron chi connectivity index (χ1n) is 6.61. The molecule has 7 heteroatoms. The maximum Gasteiger partial charge on any atom is 0.242 e. The molecule has 21 heavy (non-hydrogen) atoms. The highest BCUT2D eigenvalue weighted by Crippen LogP contribution is 2.22. The van der Waals surface area contributed by atoms with Crippen molar-refractivity contribution in [2.24, 2.45) is 0 Å². The molecule has 0 saturated carbocycles. The van der Waals surface area contributed by atoms with Crippen molar-refractivity contribution in [1.82, 2.24) is 10.0 Å². The van der Waals surface area contributed by atoms with Crippen molar-refractivity contribution in [3.05, 3.63) is 40.4 Å². The monoisotopic (exact) mass is 325 g/mol. The van der Waals surface area contributed by atoms with Crippen molar-refractivity contribution in [3.63, 3.8) is 0 Å². The lowest BCUT2D eigenvalue weighted by molar-refractivity contribution is 0.580. The lowest BCUT2D eigenvalue weighted by Gasteiger charge is -2.14. The van der Waals surface area contributed by atoms with Crippen LogP contribution in [0.3, 0.4) is 0 Å². The summed E-state index contributed by atoms with van der Waals surface area (Å²) in [5, 5.41) is 12.0. The molecule has 0 fully saturated rings. The van der Waals surface area contributed by atoms with Gasteiger partial charge in [0.05, 0.1) is 16.7 Å². The highest BCUT2D eigenvalue weighted by molar-refractivity contribution is 7.89. The summed E-state index contributed by atoms with van der Waals surface area (Å²) >= 11 is 5.93. The number of halogens is 1. The van der Waals surface area contributed by atoms with Gasteiger partial charge in [-0.3, -0.25) is 0 Å². The number of nitriles is 1. The van der Waals surface area contributed by atoms with E-state index in [-0.39, 0.29) is 9.92 Å². The highest BCUT2D eigenvalue weighted by atomic mass is 35.5. The Bertz CT molecular complexity index is 693. The number of rotatable bonds is 5. The molecule has 1 aromatic rings. The number of benzene rings is 1. The van der Waals surface area contributed by atoms with E-state index in [0.29, 0.717) is 18.5 Å². The summed E-state index contributed by atoms with van der Waals surface area (Å²) in [4.78, 5) is 0.00228. The van der Waals surface area contributed by atoms with Crippen LogP contribution in [0, 0.1) is 11.3 Å². The SMILES string of the molecule is N#Cc1ccc(S(=O)(=O)NCCC2=CCNCC2)c(Cl)c1. The van der Waals surface area contributed by atoms with Gasteiger partial charge in [0.15, 0.2) is 0 Å². The van der Waals surface area contributed by atoms with Crippen LogP contribution in [0.2, 0.25) is 5.02 Å². The Morgan fingerprint density at radius 3 is 2.86 bits per heavy atom. The molecule has 0 aromatic heterocycles. The molecule has 1 aliphatic rings. The zero-order valence-electron chi connectivity index (χ0n) is 11.4. The average molecular weight is 326 g/mol. The second-order valence-corrected chi connectivity index (χ2v) is 6.86. The number of hydrogen-bond acceptors (Lipinski definition) is 4. The van der Waals surface area contributed by atoms with E-state index in [1.165, 1.54) is 23.8 Å². The minimum atomic E-state index is -3.65. The summed E-state index contributed by atoms with van der Waals surface area (Å²) < 4.78 is 26.9. The molecule has 0 unspecified atom stereocenters. The Morgan fingerprint density at radius 1 is 1.43 bits per heavy atom. The van der Waals surface area contributed by atoms with Gasteiger partial charge in [0.2, 0.25) is 10.0 Å². The van der Waals surface area contributed by atoms with Gasteiger partial charge in [-0.25, -0.2) is 13.1 Å². The highest BCUT2D eigenvalue weighted by Gasteiger charge is 2.18. The quantitative estimate of drug-likeness (QED) is 0.809. The number of nitrogens with zero attached hydrogens (tertiary/aromatic N) is 1. The molecule has 2 N–H and O–H groups in total. The summed E-state index contributed by atoms with van der Waals surface area (Å²) in [6.45, 7) is 2.11. The van der Waals surface area contributed by atoms with Gasteiger partial charge in [-0.05, 0) is 37.6 Å². The smallest absolute Gasteiger partial charge is 0.242 e. The second-order valence-electron chi connectivity index (χ2n) is 4.72. The Kier molecular flexibility index (Phi) is 5.37. The summed E-state index contributed by atoms with van der Waals surface area (Å²) in [6, 6.07) is 6.07. The lowest BCUT2D eigenvalue weighted by atomic mass is 10.1. The molecule has 0 amide bonds. The van der Waals surface area contributed by atoms with E-state index in [1.807, 2.05) is 6.07 Å². The van der Waals surface area contributed by atoms with Crippen LogP contribution in [0.25, 0.3) is 0 Å². The Morgan fingerprint density at radius 2 is 2.24 bits per heavy atom. The Labute approximate surface area is 129 Å². The van der Waals surface area contributed by atoms with Crippen LogP contribution in [0.15, 0.2) is 34.7 Å². The van der Waals surface area contributed by atoms with E-state index in [0.717, 1.165) is 19.5 Å². The average Bonchev–Trinajstić information content (AvgIpc) is 2.47. The van der Waals surface area contributed by atoms with Crippen LogP contribution >= 0.6 is 11.6 Å². The molecule has 1 heterocycles. The van der Waals surface area contributed by atoms with E-state index in [1.54, 1.807) is 0 Å². The second kappa shape index (κ2) is 7.05. The molecule has 0 bridgehead atoms. The first-order chi connectivity index (χ1) is 10.0. The summed E-state index contributed by atoms with van der Waals surface area (Å²) in [6.07, 6.45) is 3.72. The van der Waals surface area contributed by atoms with Crippen molar-refractivity contribution < 1.29 is 8.42 Å². The van der Waals surface area contributed by atoms with Crippen molar-refractivity contribution in [1.29, 1.82) is 5.26 Å². The van der Waals surface area contributed by atoms with E-state index in [4.69, 9.17) is 16.9 Å². The first kappa shape index (κ1) is 16.0. The predicted molar refractivity (Wildman–Crippen MR) is 81.5 cm³/mol. The standard InChI is InChI=1S/C14H16ClN3O2S/c15-13-9-12(10-16)1-2-14(13)21(19,20)18-8-5-11-3-6-17-7-4-11/h1-3,9,17-18H,4-8H2. The molecular formula is C14H16ClN3O2S. The van der Waals surface area contributed by atoms with Crippen LogP contribution < -0.4 is 10.0 Å². The molecule has 1 aliphatic heterocycles. The van der Waals surface area contributed by atoms with Gasteiger partial charge < -0.3 is 5.32 Å². The molecule has 0 saturated heterocycles. The van der Waals surface area contributed by atoms with Crippen molar-refractivity contribution >= 4 is 21.6 Å². The molecule has 2 rings (SSSR count). The lowest BCUT2D eigenvalue weighted by Crippen LogP contribution is -2.27. The van der Waals surface area contributed by atoms with Crippen molar-refractivity contribution in [2.45, 2.75) is 17.7 Å². The van der Waals surface area contributed by atoms with Crippen LogP contribution in [0.1, 0.15) is 18.4 Å². The number of sulfonamides is 1. The third kappa shape index (κ3) is 4.29. The summed E-state index contributed by atoms with van der Waals surface area (Å²) in [5.41, 5.74) is 1.58. The fraction of sp³-hybridized carbons (Fsp3) is 0.357. The summed E-state index contributed by atoms with van der Waals surface area (Å²) in [5.74, 6) is 0. The van der Waals surface area contributed by atoms with Crippen LogP contribution in [0.4, 0.5) is 0 Å². The van der Waals surface area contributed by atoms with Gasteiger partial charge >= 0.3 is 0 Å². The van der Waals surface area contributed by atoms with Gasteiger partial charge in [-0.2, -0.15) is 5.26 Å². The van der Waals surface area contributed by atoms with Crippen LogP contribution in [0.5, 0.6) is 0 Å². The molecule has 0 atom stereocenters. The van der Waals surface area contributed by atoms with Crippen LogP contribution in [-0.4, -0.2) is 28.1 Å². The molecule has 0 aliphatic carbocycles. The minimum absolute atomic E-state index is 0.00228. The third-order valence-electron chi connectivity index (χ3n) is 3.25. The Balaban J connectivity index is 2.01. The number of nitrogens with one attached hydrogen (secondary N) is 2. The van der Waals surface area contributed by atoms with E-state index in [2.05, 4.69) is 16.1 Å². The minimum Gasteiger partial charge on any atom is -0.313 e. The van der Waals surface area contributed by atoms with Crippen LogP contribution in [-0.2, 0) is 10.0 Å². The zero-order chi connectivity index (χ0) is 15.3. The van der Waals surface area contributed by atoms with Gasteiger partial charge in [-0.15, -0.1) is 0 Å². The Hall–Kier alpha value is -1.39. The maximum absolute atomic E-state index is 12.2. The molecule has 0 spiro atoms. The molecule has 1 aromatic carbocycles. The zero-order valence-corrected chi connectivity index (χ0v) is 13.0. The summed E-state index contributed by atoms with van der Waals surface area (Å²) in [7, 11) is -3.65. The van der Waals surface area contributed by atoms with Gasteiger partial charge in [0, 0.05) is 13.1 Å². The third-order valence-corrected chi connectivity index (χ3v) is 5.19. The van der Waals surface area contributed by atoms with Gasteiger partial charge in [0.25, 0.3) is 0 Å². The van der Waals surface area contributed by atoms with Crippen molar-refractivity contribution in [2.75, 3.05) is 19.6 Å². The van der Waals surface area contributed by atoms with Gasteiger partial charge in [0.1, 0.15) is 4.90 Å². The fourth-order valence-electron chi connectivity index (χ4n) is 2.11. The van der Waals surface area contributed by atoms with E-state index >= 15 is 0 Å². The molecule has 5 nitrogen and oxygen atoms in total. The predicted octanol–water partition coefficient (Wildman–Crippen LogP) is 1.80. The molecular weight excluding hydrogens is 310 g/mol. The fourth-order valence-corrected chi connectivity index (χ4v) is 3.68.